The van der Waals surface area contributed by atoms with E-state index >= 15 is 0 Å². The molecule has 0 aliphatic carbocycles. The van der Waals surface area contributed by atoms with Crippen molar-refractivity contribution >= 4 is 17.7 Å². The van der Waals surface area contributed by atoms with Crippen molar-refractivity contribution in [2.45, 2.75) is 24.2 Å². The lowest BCUT2D eigenvalue weighted by Gasteiger charge is -2.22. The van der Waals surface area contributed by atoms with Gasteiger partial charge in [-0.05, 0) is 37.6 Å². The van der Waals surface area contributed by atoms with Crippen molar-refractivity contribution < 1.29 is 4.79 Å². The van der Waals surface area contributed by atoms with Crippen LogP contribution in [0, 0.1) is 5.92 Å². The largest absolute Gasteiger partial charge is 0.342 e. The maximum atomic E-state index is 12.8. The second kappa shape index (κ2) is 6.41. The Labute approximate surface area is 131 Å². The molecular formula is C17H24N2OS. The Balaban J connectivity index is 1.63. The summed E-state index contributed by atoms with van der Waals surface area (Å²) in [5.74, 6) is 1.97. The van der Waals surface area contributed by atoms with E-state index < -0.39 is 0 Å². The molecule has 114 valence electrons. The number of hydrogen-bond donors (Lipinski definition) is 0. The van der Waals surface area contributed by atoms with Crippen molar-refractivity contribution in [2.24, 2.45) is 5.92 Å². The van der Waals surface area contributed by atoms with Gasteiger partial charge in [-0.3, -0.25) is 4.79 Å². The highest BCUT2D eigenvalue weighted by atomic mass is 32.2. The van der Waals surface area contributed by atoms with Crippen molar-refractivity contribution in [3.8, 4) is 0 Å². The molecule has 4 heteroatoms. The number of amides is 1. The standard InChI is InChI=1S/C17H24N2OS/c1-3-18(2)10-13-8-9-19(11-13)17(20)15-12-21-16-7-5-4-6-14(15)16/h4-7,13,15H,3,8-12H2,1-2H3/t13-,15+/m1/s1. The fourth-order valence-electron chi connectivity index (χ4n) is 3.34. The van der Waals surface area contributed by atoms with Crippen LogP contribution in [0.1, 0.15) is 24.8 Å². The molecule has 1 fully saturated rings. The molecule has 2 heterocycles. The average molecular weight is 304 g/mol. The summed E-state index contributed by atoms with van der Waals surface area (Å²) in [7, 11) is 2.16. The van der Waals surface area contributed by atoms with Crippen LogP contribution in [0.3, 0.4) is 0 Å². The first-order valence-corrected chi connectivity index (χ1v) is 8.86. The number of likely N-dealkylation sites (tertiary alicyclic amines) is 1. The van der Waals surface area contributed by atoms with E-state index in [-0.39, 0.29) is 5.92 Å². The van der Waals surface area contributed by atoms with Crippen LogP contribution in [0.4, 0.5) is 0 Å². The van der Waals surface area contributed by atoms with E-state index in [9.17, 15) is 4.79 Å². The molecule has 0 saturated carbocycles. The van der Waals surface area contributed by atoms with Crippen LogP contribution in [-0.2, 0) is 4.79 Å². The first-order valence-electron chi connectivity index (χ1n) is 7.88. The summed E-state index contributed by atoms with van der Waals surface area (Å²) in [5, 5.41) is 0. The zero-order chi connectivity index (χ0) is 14.8. The third kappa shape index (κ3) is 3.11. The molecule has 2 aliphatic rings. The molecule has 3 nitrogen and oxygen atoms in total. The highest BCUT2D eigenvalue weighted by molar-refractivity contribution is 7.99. The lowest BCUT2D eigenvalue weighted by Crippen LogP contribution is -2.35. The van der Waals surface area contributed by atoms with E-state index in [1.807, 2.05) is 17.8 Å². The maximum absolute atomic E-state index is 12.8. The molecule has 1 amide bonds. The molecule has 2 aliphatic heterocycles. The van der Waals surface area contributed by atoms with Gasteiger partial charge in [-0.25, -0.2) is 0 Å². The fraction of sp³-hybridized carbons (Fsp3) is 0.588. The third-order valence-corrected chi connectivity index (χ3v) is 5.89. The zero-order valence-electron chi connectivity index (χ0n) is 12.9. The second-order valence-corrected chi connectivity index (χ2v) is 7.26. The van der Waals surface area contributed by atoms with Gasteiger partial charge in [-0.15, -0.1) is 11.8 Å². The molecule has 0 spiro atoms. The molecule has 2 atom stereocenters. The van der Waals surface area contributed by atoms with Crippen LogP contribution >= 0.6 is 11.8 Å². The van der Waals surface area contributed by atoms with Crippen LogP contribution in [-0.4, -0.2) is 54.7 Å². The Morgan fingerprint density at radius 1 is 1.43 bits per heavy atom. The van der Waals surface area contributed by atoms with E-state index in [1.54, 1.807) is 0 Å². The highest BCUT2D eigenvalue weighted by Gasteiger charge is 2.35. The Morgan fingerprint density at radius 2 is 2.24 bits per heavy atom. The smallest absolute Gasteiger partial charge is 0.231 e. The number of thioether (sulfide) groups is 1. The first kappa shape index (κ1) is 14.9. The summed E-state index contributed by atoms with van der Waals surface area (Å²) in [4.78, 5) is 18.5. The number of carbonyl (C=O) groups excluding carboxylic acids is 1. The minimum absolute atomic E-state index is 0.0776. The summed E-state index contributed by atoms with van der Waals surface area (Å²) in [6.45, 7) is 6.24. The van der Waals surface area contributed by atoms with Gasteiger partial charge in [0.05, 0.1) is 5.92 Å². The van der Waals surface area contributed by atoms with Crippen LogP contribution in [0.25, 0.3) is 0 Å². The minimum Gasteiger partial charge on any atom is -0.342 e. The van der Waals surface area contributed by atoms with Crippen molar-refractivity contribution in [1.82, 2.24) is 9.80 Å². The van der Waals surface area contributed by atoms with Crippen LogP contribution in [0.5, 0.6) is 0 Å². The van der Waals surface area contributed by atoms with Crippen molar-refractivity contribution in [3.63, 3.8) is 0 Å². The third-order valence-electron chi connectivity index (χ3n) is 4.71. The van der Waals surface area contributed by atoms with Gasteiger partial charge < -0.3 is 9.80 Å². The minimum atomic E-state index is 0.0776. The Kier molecular flexibility index (Phi) is 4.55. The average Bonchev–Trinajstić information content (AvgIpc) is 3.13. The van der Waals surface area contributed by atoms with E-state index in [0.717, 1.165) is 38.4 Å². The van der Waals surface area contributed by atoms with Crippen LogP contribution in [0.2, 0.25) is 0 Å². The van der Waals surface area contributed by atoms with Gasteiger partial charge in [0, 0.05) is 30.3 Å². The highest BCUT2D eigenvalue weighted by Crippen LogP contribution is 2.40. The summed E-state index contributed by atoms with van der Waals surface area (Å²) in [6, 6.07) is 8.37. The van der Waals surface area contributed by atoms with Gasteiger partial charge in [0.2, 0.25) is 5.91 Å². The molecule has 3 rings (SSSR count). The molecule has 0 unspecified atom stereocenters. The molecule has 1 saturated heterocycles. The number of fused-ring (bicyclic) bond motifs is 1. The summed E-state index contributed by atoms with van der Waals surface area (Å²) in [6.07, 6.45) is 1.15. The van der Waals surface area contributed by atoms with Gasteiger partial charge in [0.15, 0.2) is 0 Å². The topological polar surface area (TPSA) is 23.6 Å². The Hall–Kier alpha value is -1.00. The van der Waals surface area contributed by atoms with Crippen LogP contribution in [0.15, 0.2) is 29.2 Å². The molecule has 0 aromatic heterocycles. The first-order chi connectivity index (χ1) is 10.2. The molecule has 21 heavy (non-hydrogen) atoms. The number of rotatable bonds is 4. The second-order valence-electron chi connectivity index (χ2n) is 6.20. The predicted octanol–water partition coefficient (Wildman–Crippen LogP) is 2.68. The number of hydrogen-bond acceptors (Lipinski definition) is 3. The van der Waals surface area contributed by atoms with Gasteiger partial charge in [-0.1, -0.05) is 25.1 Å². The molecule has 1 aromatic rings. The van der Waals surface area contributed by atoms with Crippen LogP contribution < -0.4 is 0 Å². The fourth-order valence-corrected chi connectivity index (χ4v) is 4.56. The van der Waals surface area contributed by atoms with E-state index in [1.165, 1.54) is 10.5 Å². The number of nitrogens with zero attached hydrogens (tertiary/aromatic N) is 2. The van der Waals surface area contributed by atoms with E-state index in [0.29, 0.717) is 11.8 Å². The summed E-state index contributed by atoms with van der Waals surface area (Å²) in [5.41, 5.74) is 1.24. The summed E-state index contributed by atoms with van der Waals surface area (Å²) < 4.78 is 0. The van der Waals surface area contributed by atoms with E-state index in [2.05, 4.69) is 42.0 Å². The van der Waals surface area contributed by atoms with Gasteiger partial charge in [-0.2, -0.15) is 0 Å². The summed E-state index contributed by atoms with van der Waals surface area (Å²) >= 11 is 1.82. The molecule has 0 radical (unpaired) electrons. The maximum Gasteiger partial charge on any atom is 0.231 e. The van der Waals surface area contributed by atoms with Crippen molar-refractivity contribution in [2.75, 3.05) is 39.0 Å². The molecule has 0 N–H and O–H groups in total. The Bertz CT molecular complexity index is 519. The van der Waals surface area contributed by atoms with Gasteiger partial charge in [0.1, 0.15) is 0 Å². The molecule has 0 bridgehead atoms. The van der Waals surface area contributed by atoms with Crippen molar-refractivity contribution in [1.29, 1.82) is 0 Å². The lowest BCUT2D eigenvalue weighted by atomic mass is 10.00. The van der Waals surface area contributed by atoms with E-state index in [4.69, 9.17) is 0 Å². The van der Waals surface area contributed by atoms with Crippen molar-refractivity contribution in [3.05, 3.63) is 29.8 Å². The van der Waals surface area contributed by atoms with Gasteiger partial charge >= 0.3 is 0 Å². The number of benzene rings is 1. The Morgan fingerprint density at radius 3 is 3.05 bits per heavy atom. The number of carbonyl (C=O) groups is 1. The monoisotopic (exact) mass is 304 g/mol. The quantitative estimate of drug-likeness (QED) is 0.854. The SMILES string of the molecule is CCN(C)C[C@H]1CCN(C(=O)[C@H]2CSc3ccccc32)C1. The molecule has 1 aromatic carbocycles. The lowest BCUT2D eigenvalue weighted by molar-refractivity contribution is -0.131. The molecular weight excluding hydrogens is 280 g/mol. The zero-order valence-corrected chi connectivity index (χ0v) is 13.7. The predicted molar refractivity (Wildman–Crippen MR) is 87.8 cm³/mol. The van der Waals surface area contributed by atoms with Gasteiger partial charge in [0.25, 0.3) is 0 Å². The normalized spacial score (nSPS) is 24.6.